The van der Waals surface area contributed by atoms with Crippen LogP contribution >= 0.6 is 0 Å². The Morgan fingerprint density at radius 3 is 2.89 bits per heavy atom. The molecular weight excluding hydrogens is 256 g/mol. The first-order chi connectivity index (χ1) is 9.02. The summed E-state index contributed by atoms with van der Waals surface area (Å²) in [6, 6.07) is 3.20. The lowest BCUT2D eigenvalue weighted by Crippen LogP contribution is -2.18. The van der Waals surface area contributed by atoms with Crippen LogP contribution in [0.3, 0.4) is 0 Å². The largest absolute Gasteiger partial charge is 0.490 e. The fraction of sp³-hybridized carbons (Fsp3) is 0.273. The van der Waals surface area contributed by atoms with Gasteiger partial charge in [0.15, 0.2) is 11.8 Å². The van der Waals surface area contributed by atoms with E-state index >= 15 is 0 Å². The zero-order valence-electron chi connectivity index (χ0n) is 9.90. The maximum atomic E-state index is 10.9. The maximum absolute atomic E-state index is 10.9. The molecule has 0 saturated heterocycles. The Kier molecular flexibility index (Phi) is 3.32. The maximum Gasteiger partial charge on any atom is 0.332 e. The van der Waals surface area contributed by atoms with Crippen molar-refractivity contribution >= 4 is 17.6 Å². The van der Waals surface area contributed by atoms with E-state index < -0.39 is 16.9 Å². The van der Waals surface area contributed by atoms with Gasteiger partial charge in [-0.1, -0.05) is 0 Å². The van der Waals surface area contributed by atoms with E-state index in [4.69, 9.17) is 14.6 Å². The molecule has 1 aliphatic heterocycles. The number of aliphatic carboxylic acids is 1. The molecule has 1 N–H and O–H groups in total. The standard InChI is InChI=1S/C11H10N2O6/c1-18-9-3-2-6(4-8(9)13(16)17)10-12-7(5-19-10)11(14)15/h2-4,7H,5H2,1H3,(H,14,15). The van der Waals surface area contributed by atoms with Gasteiger partial charge in [0.25, 0.3) is 0 Å². The van der Waals surface area contributed by atoms with E-state index in [0.29, 0.717) is 5.56 Å². The van der Waals surface area contributed by atoms with Gasteiger partial charge in [-0.2, -0.15) is 0 Å². The highest BCUT2D eigenvalue weighted by atomic mass is 16.6. The van der Waals surface area contributed by atoms with Crippen LogP contribution in [-0.4, -0.2) is 41.7 Å². The smallest absolute Gasteiger partial charge is 0.332 e. The second-order valence-electron chi connectivity index (χ2n) is 3.74. The first-order valence-electron chi connectivity index (χ1n) is 5.29. The summed E-state index contributed by atoms with van der Waals surface area (Å²) in [7, 11) is 1.33. The molecule has 1 aromatic carbocycles. The van der Waals surface area contributed by atoms with Crippen molar-refractivity contribution in [2.45, 2.75) is 6.04 Å². The number of hydrogen-bond acceptors (Lipinski definition) is 6. The fourth-order valence-electron chi connectivity index (χ4n) is 1.62. The molecule has 1 heterocycles. The Labute approximate surface area is 107 Å². The van der Waals surface area contributed by atoms with E-state index in [1.807, 2.05) is 0 Å². The number of ether oxygens (including phenoxy) is 2. The van der Waals surface area contributed by atoms with Gasteiger partial charge in [-0.25, -0.2) is 9.79 Å². The Bertz CT molecular complexity index is 568. The zero-order valence-corrected chi connectivity index (χ0v) is 9.90. The van der Waals surface area contributed by atoms with Crippen LogP contribution in [0.15, 0.2) is 23.2 Å². The van der Waals surface area contributed by atoms with Crippen molar-refractivity contribution < 1.29 is 24.3 Å². The summed E-state index contributed by atoms with van der Waals surface area (Å²) in [5, 5.41) is 19.7. The molecule has 1 unspecified atom stereocenters. The number of hydrogen-bond donors (Lipinski definition) is 1. The van der Waals surface area contributed by atoms with Gasteiger partial charge < -0.3 is 14.6 Å². The van der Waals surface area contributed by atoms with Crippen LogP contribution in [0, 0.1) is 10.1 Å². The molecule has 2 rings (SSSR count). The van der Waals surface area contributed by atoms with Crippen LogP contribution < -0.4 is 4.74 Å². The van der Waals surface area contributed by atoms with Crippen LogP contribution in [0.1, 0.15) is 5.56 Å². The number of aliphatic imine (C=N–C) groups is 1. The van der Waals surface area contributed by atoms with Crippen LogP contribution in [-0.2, 0) is 9.53 Å². The summed E-state index contributed by atoms with van der Waals surface area (Å²) in [5.74, 6) is -0.904. The summed E-state index contributed by atoms with van der Waals surface area (Å²) < 4.78 is 9.99. The number of rotatable bonds is 4. The normalized spacial score (nSPS) is 17.5. The summed E-state index contributed by atoms with van der Waals surface area (Å²) in [4.78, 5) is 24.9. The minimum Gasteiger partial charge on any atom is -0.490 e. The van der Waals surface area contributed by atoms with Crippen molar-refractivity contribution in [3.63, 3.8) is 0 Å². The molecule has 1 aromatic rings. The van der Waals surface area contributed by atoms with E-state index in [1.165, 1.54) is 25.3 Å². The van der Waals surface area contributed by atoms with Crippen LogP contribution in [0.5, 0.6) is 5.75 Å². The van der Waals surface area contributed by atoms with E-state index in [0.717, 1.165) is 0 Å². The monoisotopic (exact) mass is 266 g/mol. The molecule has 1 atom stereocenters. The topological polar surface area (TPSA) is 111 Å². The molecule has 0 aliphatic carbocycles. The number of nitro groups is 1. The third-order valence-electron chi connectivity index (χ3n) is 2.56. The molecule has 0 bridgehead atoms. The molecule has 8 heteroatoms. The van der Waals surface area contributed by atoms with Gasteiger partial charge in [-0.3, -0.25) is 10.1 Å². The van der Waals surface area contributed by atoms with Gasteiger partial charge >= 0.3 is 11.7 Å². The number of carboxylic acid groups (broad SMARTS) is 1. The molecule has 0 spiro atoms. The van der Waals surface area contributed by atoms with E-state index in [9.17, 15) is 14.9 Å². The number of nitro benzene ring substituents is 1. The Morgan fingerprint density at radius 1 is 1.63 bits per heavy atom. The lowest BCUT2D eigenvalue weighted by molar-refractivity contribution is -0.385. The molecule has 0 fully saturated rings. The van der Waals surface area contributed by atoms with Crippen molar-refractivity contribution in [3.05, 3.63) is 33.9 Å². The SMILES string of the molecule is COc1ccc(C2=NC(C(=O)O)CO2)cc1[N+](=O)[O-]. The zero-order chi connectivity index (χ0) is 14.0. The number of carbonyl (C=O) groups is 1. The van der Waals surface area contributed by atoms with Gasteiger partial charge in [-0.15, -0.1) is 0 Å². The predicted molar refractivity (Wildman–Crippen MR) is 63.6 cm³/mol. The lowest BCUT2D eigenvalue weighted by Gasteiger charge is -2.04. The van der Waals surface area contributed by atoms with Gasteiger partial charge in [0, 0.05) is 11.6 Å². The van der Waals surface area contributed by atoms with Gasteiger partial charge in [0.2, 0.25) is 5.90 Å². The summed E-state index contributed by atoms with van der Waals surface area (Å²) >= 11 is 0. The Morgan fingerprint density at radius 2 is 2.37 bits per heavy atom. The molecule has 19 heavy (non-hydrogen) atoms. The van der Waals surface area contributed by atoms with Crippen LogP contribution in [0.2, 0.25) is 0 Å². The van der Waals surface area contributed by atoms with Crippen molar-refractivity contribution in [1.82, 2.24) is 0 Å². The summed E-state index contributed by atoms with van der Waals surface area (Å²) in [6.07, 6.45) is 0. The molecule has 0 saturated carbocycles. The molecule has 100 valence electrons. The van der Waals surface area contributed by atoms with E-state index in [1.54, 1.807) is 0 Å². The van der Waals surface area contributed by atoms with E-state index in [-0.39, 0.29) is 23.9 Å². The predicted octanol–water partition coefficient (Wildman–Crippen LogP) is 0.833. The number of nitrogens with zero attached hydrogens (tertiary/aromatic N) is 2. The summed E-state index contributed by atoms with van der Waals surface area (Å²) in [5.41, 5.74) is 0.112. The van der Waals surface area contributed by atoms with Gasteiger partial charge in [0.05, 0.1) is 12.0 Å². The highest BCUT2D eigenvalue weighted by molar-refractivity contribution is 5.98. The van der Waals surface area contributed by atoms with Crippen molar-refractivity contribution in [2.24, 2.45) is 4.99 Å². The van der Waals surface area contributed by atoms with Crippen molar-refractivity contribution in [1.29, 1.82) is 0 Å². The average Bonchev–Trinajstić information content (AvgIpc) is 2.87. The second kappa shape index (κ2) is 4.92. The van der Waals surface area contributed by atoms with Gasteiger partial charge in [0.1, 0.15) is 6.61 Å². The Balaban J connectivity index is 2.37. The van der Waals surface area contributed by atoms with E-state index in [2.05, 4.69) is 4.99 Å². The highest BCUT2D eigenvalue weighted by Gasteiger charge is 2.27. The minimum atomic E-state index is -1.10. The molecule has 8 nitrogen and oxygen atoms in total. The first-order valence-corrected chi connectivity index (χ1v) is 5.29. The number of benzene rings is 1. The van der Waals surface area contributed by atoms with Crippen molar-refractivity contribution in [3.8, 4) is 5.75 Å². The molecule has 0 radical (unpaired) electrons. The third kappa shape index (κ3) is 2.46. The first kappa shape index (κ1) is 12.8. The molecule has 1 aliphatic rings. The fourth-order valence-corrected chi connectivity index (χ4v) is 1.62. The average molecular weight is 266 g/mol. The third-order valence-corrected chi connectivity index (χ3v) is 2.56. The second-order valence-corrected chi connectivity index (χ2v) is 3.74. The van der Waals surface area contributed by atoms with Crippen LogP contribution in [0.4, 0.5) is 5.69 Å². The van der Waals surface area contributed by atoms with Gasteiger partial charge in [-0.05, 0) is 12.1 Å². The lowest BCUT2D eigenvalue weighted by atomic mass is 10.2. The molecule has 0 aromatic heterocycles. The Hall–Kier alpha value is -2.64. The summed E-state index contributed by atoms with van der Waals surface area (Å²) in [6.45, 7) is -0.0789. The molecular formula is C11H10N2O6. The molecule has 0 amide bonds. The minimum absolute atomic E-state index is 0.0789. The number of carboxylic acids is 1. The number of methoxy groups -OCH3 is 1. The van der Waals surface area contributed by atoms with Crippen LogP contribution in [0.25, 0.3) is 0 Å². The quantitative estimate of drug-likeness (QED) is 0.638. The highest BCUT2D eigenvalue weighted by Crippen LogP contribution is 2.28. The van der Waals surface area contributed by atoms with Crippen molar-refractivity contribution in [2.75, 3.05) is 13.7 Å².